The summed E-state index contributed by atoms with van der Waals surface area (Å²) in [5, 5.41) is 4.79. The number of amides is 1. The molecule has 0 saturated heterocycles. The summed E-state index contributed by atoms with van der Waals surface area (Å²) >= 11 is 0. The summed E-state index contributed by atoms with van der Waals surface area (Å²) in [6.45, 7) is 7.26. The maximum Gasteiger partial charge on any atom is 0.254 e. The second-order valence-corrected chi connectivity index (χ2v) is 9.55. The largest absolute Gasteiger partial charge is 0.330 e. The Bertz CT molecular complexity index is 851. The lowest BCUT2D eigenvalue weighted by Gasteiger charge is -2.29. The molecule has 0 spiro atoms. The predicted octanol–water partition coefficient (Wildman–Crippen LogP) is 4.79. The Labute approximate surface area is 168 Å². The van der Waals surface area contributed by atoms with Gasteiger partial charge in [0.1, 0.15) is 0 Å². The van der Waals surface area contributed by atoms with Crippen molar-refractivity contribution in [2.75, 3.05) is 0 Å². The monoisotopic (exact) mass is 379 g/mol. The molecule has 28 heavy (non-hydrogen) atoms. The van der Waals surface area contributed by atoms with Gasteiger partial charge >= 0.3 is 0 Å². The summed E-state index contributed by atoms with van der Waals surface area (Å²) in [7, 11) is 2.04. The predicted molar refractivity (Wildman–Crippen MR) is 113 cm³/mol. The molecule has 2 aromatic rings. The summed E-state index contributed by atoms with van der Waals surface area (Å²) in [6.07, 6.45) is 8.09. The lowest BCUT2D eigenvalue weighted by atomic mass is 9.86. The maximum absolute atomic E-state index is 13.5. The summed E-state index contributed by atoms with van der Waals surface area (Å²) in [4.78, 5) is 15.6. The summed E-state index contributed by atoms with van der Waals surface area (Å²) in [6, 6.07) is 8.58. The topological polar surface area (TPSA) is 38.1 Å². The third-order valence-corrected chi connectivity index (χ3v) is 6.54. The molecule has 1 amide bonds. The minimum Gasteiger partial charge on any atom is -0.330 e. The standard InChI is InChI=1S/C24H33N3O/c1-24(2,3)18-14-12-17(13-15-18)23(28)27(19-8-5-6-9-19)16-21-20-10-7-11-22(20)26(4)25-21/h12-15,19H,5-11,16H2,1-4H3. The summed E-state index contributed by atoms with van der Waals surface area (Å²) in [5.74, 6) is 0.157. The van der Waals surface area contributed by atoms with Crippen LogP contribution in [-0.4, -0.2) is 26.6 Å². The number of aryl methyl sites for hydroxylation is 1. The third-order valence-electron chi connectivity index (χ3n) is 6.54. The highest BCUT2D eigenvalue weighted by molar-refractivity contribution is 5.94. The van der Waals surface area contributed by atoms with E-state index in [2.05, 4.69) is 37.8 Å². The summed E-state index contributed by atoms with van der Waals surface area (Å²) in [5.41, 5.74) is 6.03. The van der Waals surface area contributed by atoms with Gasteiger partial charge in [0.05, 0.1) is 12.2 Å². The molecule has 4 rings (SSSR count). The molecule has 1 saturated carbocycles. The van der Waals surface area contributed by atoms with E-state index in [1.165, 1.54) is 36.1 Å². The van der Waals surface area contributed by atoms with E-state index in [1.807, 2.05) is 23.9 Å². The molecule has 0 unspecified atom stereocenters. The lowest BCUT2D eigenvalue weighted by molar-refractivity contribution is 0.0661. The number of hydrogen-bond acceptors (Lipinski definition) is 2. The van der Waals surface area contributed by atoms with Crippen molar-refractivity contribution in [3.8, 4) is 0 Å². The van der Waals surface area contributed by atoms with E-state index < -0.39 is 0 Å². The minimum atomic E-state index is 0.0984. The van der Waals surface area contributed by atoms with Crippen LogP contribution >= 0.6 is 0 Å². The number of hydrogen-bond donors (Lipinski definition) is 0. The van der Waals surface area contributed by atoms with E-state index >= 15 is 0 Å². The average molecular weight is 380 g/mol. The van der Waals surface area contributed by atoms with Crippen molar-refractivity contribution in [3.05, 3.63) is 52.3 Å². The van der Waals surface area contributed by atoms with Gasteiger partial charge in [-0.2, -0.15) is 5.10 Å². The first-order valence-electron chi connectivity index (χ1n) is 10.8. The highest BCUT2D eigenvalue weighted by atomic mass is 16.2. The number of aromatic nitrogens is 2. The minimum absolute atomic E-state index is 0.0984. The molecule has 1 heterocycles. The van der Waals surface area contributed by atoms with Crippen LogP contribution in [0, 0.1) is 0 Å². The second-order valence-electron chi connectivity index (χ2n) is 9.55. The quantitative estimate of drug-likeness (QED) is 0.766. The van der Waals surface area contributed by atoms with Crippen LogP contribution in [0.3, 0.4) is 0 Å². The van der Waals surface area contributed by atoms with Crippen molar-refractivity contribution in [1.82, 2.24) is 14.7 Å². The molecule has 4 heteroatoms. The normalized spacial score (nSPS) is 17.1. The number of fused-ring (bicyclic) bond motifs is 1. The number of benzene rings is 1. The molecular formula is C24H33N3O. The molecular weight excluding hydrogens is 346 g/mol. The van der Waals surface area contributed by atoms with Gasteiger partial charge in [0.25, 0.3) is 5.91 Å². The van der Waals surface area contributed by atoms with Gasteiger partial charge in [-0.05, 0) is 60.8 Å². The number of carbonyl (C=O) groups excluding carboxylic acids is 1. The molecule has 1 fully saturated rings. The van der Waals surface area contributed by atoms with Gasteiger partial charge in [0.15, 0.2) is 0 Å². The molecule has 0 bridgehead atoms. The Hall–Kier alpha value is -2.10. The van der Waals surface area contributed by atoms with Crippen LogP contribution in [0.25, 0.3) is 0 Å². The Morgan fingerprint density at radius 3 is 2.43 bits per heavy atom. The van der Waals surface area contributed by atoms with Gasteiger partial charge in [-0.25, -0.2) is 0 Å². The SMILES string of the molecule is Cn1nc(CN(C(=O)c2ccc(C(C)(C)C)cc2)C2CCCC2)c2c1CCC2. The van der Waals surface area contributed by atoms with Crippen LogP contribution in [0.15, 0.2) is 24.3 Å². The van der Waals surface area contributed by atoms with Gasteiger partial charge in [-0.1, -0.05) is 45.7 Å². The van der Waals surface area contributed by atoms with E-state index in [0.717, 1.165) is 36.9 Å². The average Bonchev–Trinajstić information content (AvgIpc) is 3.39. The van der Waals surface area contributed by atoms with Crippen LogP contribution in [0.4, 0.5) is 0 Å². The Morgan fingerprint density at radius 2 is 1.79 bits per heavy atom. The fourth-order valence-corrected chi connectivity index (χ4v) is 4.85. The van der Waals surface area contributed by atoms with Crippen molar-refractivity contribution >= 4 is 5.91 Å². The van der Waals surface area contributed by atoms with Gasteiger partial charge in [-0.15, -0.1) is 0 Å². The van der Waals surface area contributed by atoms with E-state index in [9.17, 15) is 4.79 Å². The fourth-order valence-electron chi connectivity index (χ4n) is 4.85. The van der Waals surface area contributed by atoms with Crippen LogP contribution in [0.2, 0.25) is 0 Å². The number of rotatable bonds is 4. The van der Waals surface area contributed by atoms with Gasteiger partial charge in [0, 0.05) is 24.3 Å². The number of carbonyl (C=O) groups is 1. The van der Waals surface area contributed by atoms with Crippen molar-refractivity contribution in [1.29, 1.82) is 0 Å². The van der Waals surface area contributed by atoms with E-state index in [0.29, 0.717) is 12.6 Å². The third kappa shape index (κ3) is 3.61. The first-order valence-corrected chi connectivity index (χ1v) is 10.8. The van der Waals surface area contributed by atoms with Gasteiger partial charge in [0.2, 0.25) is 0 Å². The van der Waals surface area contributed by atoms with Gasteiger partial charge < -0.3 is 4.90 Å². The van der Waals surface area contributed by atoms with Crippen molar-refractivity contribution in [2.24, 2.45) is 7.05 Å². The molecule has 1 aromatic carbocycles. The second kappa shape index (κ2) is 7.38. The van der Waals surface area contributed by atoms with Crippen LogP contribution in [0.1, 0.15) is 85.7 Å². The number of nitrogens with zero attached hydrogens (tertiary/aromatic N) is 3. The van der Waals surface area contributed by atoms with Gasteiger partial charge in [-0.3, -0.25) is 9.48 Å². The Kier molecular flexibility index (Phi) is 5.07. The molecule has 0 atom stereocenters. The molecule has 4 nitrogen and oxygen atoms in total. The molecule has 0 aliphatic heterocycles. The molecule has 0 N–H and O–H groups in total. The van der Waals surface area contributed by atoms with Crippen LogP contribution in [-0.2, 0) is 31.8 Å². The summed E-state index contributed by atoms with van der Waals surface area (Å²) < 4.78 is 2.03. The molecule has 2 aliphatic carbocycles. The molecule has 150 valence electrons. The first kappa shape index (κ1) is 19.2. The molecule has 1 aromatic heterocycles. The Morgan fingerprint density at radius 1 is 1.11 bits per heavy atom. The van der Waals surface area contributed by atoms with Crippen molar-refractivity contribution in [2.45, 2.75) is 83.7 Å². The highest BCUT2D eigenvalue weighted by Crippen LogP contribution is 2.30. The smallest absolute Gasteiger partial charge is 0.254 e. The Balaban J connectivity index is 1.61. The first-order chi connectivity index (χ1) is 13.3. The molecule has 0 radical (unpaired) electrons. The highest BCUT2D eigenvalue weighted by Gasteiger charge is 2.30. The lowest BCUT2D eigenvalue weighted by Crippen LogP contribution is -2.38. The van der Waals surface area contributed by atoms with Crippen LogP contribution < -0.4 is 0 Å². The van der Waals surface area contributed by atoms with Crippen LogP contribution in [0.5, 0.6) is 0 Å². The fraction of sp³-hybridized carbons (Fsp3) is 0.583. The maximum atomic E-state index is 13.5. The van der Waals surface area contributed by atoms with Crippen molar-refractivity contribution in [3.63, 3.8) is 0 Å². The molecule has 2 aliphatic rings. The zero-order valence-electron chi connectivity index (χ0n) is 17.8. The van der Waals surface area contributed by atoms with E-state index in [-0.39, 0.29) is 11.3 Å². The van der Waals surface area contributed by atoms with Crippen molar-refractivity contribution < 1.29 is 4.79 Å². The van der Waals surface area contributed by atoms with E-state index in [4.69, 9.17) is 5.10 Å². The zero-order chi connectivity index (χ0) is 19.9. The zero-order valence-corrected chi connectivity index (χ0v) is 17.8. The van der Waals surface area contributed by atoms with E-state index in [1.54, 1.807) is 0 Å².